The number of rotatable bonds is 4. The molecule has 2 N–H and O–H groups in total. The Morgan fingerprint density at radius 2 is 1.81 bits per heavy atom. The number of nitrogens with one attached hydrogen (secondary N) is 1. The van der Waals surface area contributed by atoms with Gasteiger partial charge in [-0.2, -0.15) is 0 Å². The molecular weight excluding hydrogens is 270 g/mol. The molecule has 0 radical (unpaired) electrons. The van der Waals surface area contributed by atoms with Crippen LogP contribution in [0.15, 0.2) is 42.6 Å². The fraction of sp³-hybridized carbons (Fsp3) is 0.133. The molecule has 2 rings (SSSR count). The standard InChI is InChI=1S/C15H15N3O3/c1-18(2)11-7-5-10(6-8-11)14(19)17-13-12(15(20)21)4-3-9-16-13/h3-9H,1-2H3,(H,20,21)(H,16,17,19). The Labute approximate surface area is 122 Å². The molecule has 0 spiro atoms. The van der Waals surface area contributed by atoms with Gasteiger partial charge in [-0.05, 0) is 36.4 Å². The summed E-state index contributed by atoms with van der Waals surface area (Å²) >= 11 is 0. The van der Waals surface area contributed by atoms with Gasteiger partial charge in [-0.15, -0.1) is 0 Å². The number of aromatic nitrogens is 1. The number of carboxylic acids is 1. The van der Waals surface area contributed by atoms with E-state index in [0.29, 0.717) is 5.56 Å². The maximum atomic E-state index is 12.1. The van der Waals surface area contributed by atoms with Gasteiger partial charge in [0.25, 0.3) is 5.91 Å². The maximum absolute atomic E-state index is 12.1. The van der Waals surface area contributed by atoms with Crippen LogP contribution in [-0.2, 0) is 0 Å². The van der Waals surface area contributed by atoms with Crippen molar-refractivity contribution in [3.8, 4) is 0 Å². The van der Waals surface area contributed by atoms with Crippen molar-refractivity contribution in [1.82, 2.24) is 4.98 Å². The molecule has 0 aliphatic heterocycles. The molecule has 0 aliphatic rings. The molecule has 6 nitrogen and oxygen atoms in total. The average Bonchev–Trinajstić information content (AvgIpc) is 2.47. The van der Waals surface area contributed by atoms with Crippen LogP contribution in [0.5, 0.6) is 0 Å². The number of carbonyl (C=O) groups excluding carboxylic acids is 1. The molecule has 6 heteroatoms. The van der Waals surface area contributed by atoms with Crippen molar-refractivity contribution >= 4 is 23.4 Å². The van der Waals surface area contributed by atoms with Crippen LogP contribution in [0.25, 0.3) is 0 Å². The topological polar surface area (TPSA) is 82.5 Å². The predicted molar refractivity (Wildman–Crippen MR) is 79.9 cm³/mol. The van der Waals surface area contributed by atoms with E-state index in [1.807, 2.05) is 31.1 Å². The van der Waals surface area contributed by atoms with Crippen LogP contribution in [0.4, 0.5) is 11.5 Å². The molecule has 2 aromatic rings. The van der Waals surface area contributed by atoms with Crippen molar-refractivity contribution in [3.05, 3.63) is 53.7 Å². The van der Waals surface area contributed by atoms with E-state index in [-0.39, 0.29) is 11.4 Å². The fourth-order valence-corrected chi connectivity index (χ4v) is 1.77. The zero-order chi connectivity index (χ0) is 15.4. The number of carbonyl (C=O) groups is 2. The second kappa shape index (κ2) is 6.04. The Morgan fingerprint density at radius 3 is 2.38 bits per heavy atom. The van der Waals surface area contributed by atoms with E-state index in [2.05, 4.69) is 10.3 Å². The number of anilines is 2. The van der Waals surface area contributed by atoms with Gasteiger partial charge in [-0.1, -0.05) is 0 Å². The summed E-state index contributed by atoms with van der Waals surface area (Å²) in [6, 6.07) is 9.87. The third-order valence-corrected chi connectivity index (χ3v) is 2.92. The van der Waals surface area contributed by atoms with Crippen molar-refractivity contribution in [3.63, 3.8) is 0 Å². The van der Waals surface area contributed by atoms with Gasteiger partial charge >= 0.3 is 5.97 Å². The molecule has 1 amide bonds. The largest absolute Gasteiger partial charge is 0.478 e. The van der Waals surface area contributed by atoms with E-state index in [1.54, 1.807) is 12.1 Å². The van der Waals surface area contributed by atoms with Gasteiger partial charge in [0.15, 0.2) is 0 Å². The van der Waals surface area contributed by atoms with Gasteiger partial charge < -0.3 is 15.3 Å². The molecule has 0 unspecified atom stereocenters. The summed E-state index contributed by atoms with van der Waals surface area (Å²) in [6.45, 7) is 0. The Morgan fingerprint density at radius 1 is 1.14 bits per heavy atom. The van der Waals surface area contributed by atoms with Gasteiger partial charge in [0.2, 0.25) is 0 Å². The maximum Gasteiger partial charge on any atom is 0.339 e. The zero-order valence-corrected chi connectivity index (χ0v) is 11.7. The SMILES string of the molecule is CN(C)c1ccc(C(=O)Nc2ncccc2C(=O)O)cc1. The highest BCUT2D eigenvalue weighted by Gasteiger charge is 2.14. The predicted octanol–water partition coefficient (Wildman–Crippen LogP) is 2.10. The molecule has 0 atom stereocenters. The smallest absolute Gasteiger partial charge is 0.339 e. The lowest BCUT2D eigenvalue weighted by atomic mass is 10.2. The minimum absolute atomic E-state index is 0.0340. The molecule has 21 heavy (non-hydrogen) atoms. The van der Waals surface area contributed by atoms with Crippen molar-refractivity contribution < 1.29 is 14.7 Å². The molecule has 0 aliphatic carbocycles. The fourth-order valence-electron chi connectivity index (χ4n) is 1.77. The van der Waals surface area contributed by atoms with E-state index in [0.717, 1.165) is 5.69 Å². The molecule has 1 aromatic carbocycles. The average molecular weight is 285 g/mol. The number of carboxylic acid groups (broad SMARTS) is 1. The monoisotopic (exact) mass is 285 g/mol. The van der Waals surface area contributed by atoms with E-state index in [9.17, 15) is 9.59 Å². The normalized spacial score (nSPS) is 10.0. The van der Waals surface area contributed by atoms with E-state index < -0.39 is 11.9 Å². The van der Waals surface area contributed by atoms with E-state index >= 15 is 0 Å². The summed E-state index contributed by atoms with van der Waals surface area (Å²) in [4.78, 5) is 29.0. The van der Waals surface area contributed by atoms with Crippen LogP contribution in [0.1, 0.15) is 20.7 Å². The summed E-state index contributed by atoms with van der Waals surface area (Å²) < 4.78 is 0. The first-order valence-electron chi connectivity index (χ1n) is 6.26. The van der Waals surface area contributed by atoms with Crippen LogP contribution in [0.3, 0.4) is 0 Å². The number of hydrogen-bond donors (Lipinski definition) is 2. The molecule has 1 aromatic heterocycles. The van der Waals surface area contributed by atoms with Gasteiger partial charge in [-0.3, -0.25) is 4.79 Å². The minimum Gasteiger partial charge on any atom is -0.478 e. The van der Waals surface area contributed by atoms with E-state index in [1.165, 1.54) is 18.3 Å². The van der Waals surface area contributed by atoms with Crippen LogP contribution in [-0.4, -0.2) is 36.1 Å². The molecule has 1 heterocycles. The Hall–Kier alpha value is -2.89. The third-order valence-electron chi connectivity index (χ3n) is 2.92. The summed E-state index contributed by atoms with van der Waals surface area (Å²) in [7, 11) is 3.81. The highest BCUT2D eigenvalue weighted by molar-refractivity contribution is 6.07. The lowest BCUT2D eigenvalue weighted by Crippen LogP contribution is -2.16. The molecular formula is C15H15N3O3. The Balaban J connectivity index is 2.20. The van der Waals surface area contributed by atoms with Crippen molar-refractivity contribution in [1.29, 1.82) is 0 Å². The molecule has 0 saturated heterocycles. The highest BCUT2D eigenvalue weighted by Crippen LogP contribution is 2.15. The second-order valence-corrected chi connectivity index (χ2v) is 4.60. The summed E-state index contributed by atoms with van der Waals surface area (Å²) in [5.74, 6) is -1.51. The van der Waals surface area contributed by atoms with Gasteiger partial charge in [0.05, 0.1) is 0 Å². The van der Waals surface area contributed by atoms with Crippen molar-refractivity contribution in [2.24, 2.45) is 0 Å². The number of aromatic carboxylic acids is 1. The van der Waals surface area contributed by atoms with Crippen molar-refractivity contribution in [2.45, 2.75) is 0 Å². The quantitative estimate of drug-likeness (QED) is 0.899. The second-order valence-electron chi connectivity index (χ2n) is 4.60. The summed E-state index contributed by atoms with van der Waals surface area (Å²) in [5, 5.41) is 11.6. The summed E-state index contributed by atoms with van der Waals surface area (Å²) in [5.41, 5.74) is 1.36. The molecule has 108 valence electrons. The number of nitrogens with zero attached hydrogens (tertiary/aromatic N) is 2. The number of pyridine rings is 1. The lowest BCUT2D eigenvalue weighted by molar-refractivity contribution is 0.0697. The van der Waals surface area contributed by atoms with Gasteiger partial charge in [0.1, 0.15) is 11.4 Å². The number of benzene rings is 1. The number of hydrogen-bond acceptors (Lipinski definition) is 4. The molecule has 0 fully saturated rings. The first-order valence-corrected chi connectivity index (χ1v) is 6.26. The van der Waals surface area contributed by atoms with Crippen LogP contribution in [0, 0.1) is 0 Å². The molecule has 0 saturated carbocycles. The first-order chi connectivity index (χ1) is 9.99. The van der Waals surface area contributed by atoms with Crippen LogP contribution in [0.2, 0.25) is 0 Å². The highest BCUT2D eigenvalue weighted by atomic mass is 16.4. The minimum atomic E-state index is -1.14. The zero-order valence-electron chi connectivity index (χ0n) is 11.7. The van der Waals surface area contributed by atoms with Crippen LogP contribution < -0.4 is 10.2 Å². The van der Waals surface area contributed by atoms with Crippen LogP contribution >= 0.6 is 0 Å². The Kier molecular flexibility index (Phi) is 4.18. The first kappa shape index (κ1) is 14.5. The van der Waals surface area contributed by atoms with Gasteiger partial charge in [-0.25, -0.2) is 9.78 Å². The van der Waals surface area contributed by atoms with Crippen molar-refractivity contribution in [2.75, 3.05) is 24.3 Å². The summed E-state index contributed by atoms with van der Waals surface area (Å²) in [6.07, 6.45) is 1.43. The van der Waals surface area contributed by atoms with Gasteiger partial charge in [0, 0.05) is 31.5 Å². The Bertz CT molecular complexity index is 666. The van der Waals surface area contributed by atoms with E-state index in [4.69, 9.17) is 5.11 Å². The lowest BCUT2D eigenvalue weighted by Gasteiger charge is -2.12. The molecule has 0 bridgehead atoms. The third kappa shape index (κ3) is 3.36. The number of amides is 1.